The summed E-state index contributed by atoms with van der Waals surface area (Å²) in [5.74, 6) is 0. The molecule has 0 bridgehead atoms. The predicted molar refractivity (Wildman–Crippen MR) is 64.0 cm³/mol. The van der Waals surface area contributed by atoms with Gasteiger partial charge in [-0.3, -0.25) is 4.90 Å². The molecule has 5 heteroatoms. The summed E-state index contributed by atoms with van der Waals surface area (Å²) in [7, 11) is 0. The summed E-state index contributed by atoms with van der Waals surface area (Å²) in [5.41, 5.74) is -0.426. The van der Waals surface area contributed by atoms with E-state index in [1.54, 1.807) is 0 Å². The van der Waals surface area contributed by atoms with Crippen LogP contribution in [0.25, 0.3) is 0 Å². The molecular weight excluding hydrogens is 220 g/mol. The Bertz CT molecular complexity index is 284. The minimum absolute atomic E-state index is 0.213. The van der Waals surface area contributed by atoms with Crippen LogP contribution >= 0.6 is 0 Å². The molecule has 1 unspecified atom stereocenters. The van der Waals surface area contributed by atoms with E-state index in [0.717, 1.165) is 32.7 Å². The fourth-order valence-electron chi connectivity index (χ4n) is 2.15. The van der Waals surface area contributed by atoms with Gasteiger partial charge < -0.3 is 14.8 Å². The van der Waals surface area contributed by atoms with Gasteiger partial charge in [0.15, 0.2) is 0 Å². The van der Waals surface area contributed by atoms with Crippen molar-refractivity contribution < 1.29 is 14.3 Å². The van der Waals surface area contributed by atoms with Crippen LogP contribution in [0.3, 0.4) is 0 Å². The lowest BCUT2D eigenvalue weighted by molar-refractivity contribution is -0.0575. The molecule has 0 aliphatic carbocycles. The van der Waals surface area contributed by atoms with Crippen molar-refractivity contribution >= 4 is 6.09 Å². The number of rotatable bonds is 2. The third-order valence-corrected chi connectivity index (χ3v) is 3.08. The number of hydrogen-bond acceptors (Lipinski definition) is 4. The maximum Gasteiger partial charge on any atom is 0.407 e. The number of carbonyl (C=O) groups excluding carboxylic acids is 1. The molecule has 1 atom stereocenters. The quantitative estimate of drug-likeness (QED) is 0.784. The second-order valence-electron chi connectivity index (χ2n) is 5.82. The van der Waals surface area contributed by atoms with E-state index in [1.165, 1.54) is 0 Å². The highest BCUT2D eigenvalue weighted by Crippen LogP contribution is 2.18. The molecule has 2 fully saturated rings. The Hall–Kier alpha value is -0.810. The van der Waals surface area contributed by atoms with Crippen LogP contribution in [0.4, 0.5) is 4.79 Å². The Balaban J connectivity index is 1.71. The van der Waals surface area contributed by atoms with E-state index in [4.69, 9.17) is 9.47 Å². The van der Waals surface area contributed by atoms with Crippen molar-refractivity contribution in [3.8, 4) is 0 Å². The van der Waals surface area contributed by atoms with Gasteiger partial charge in [0.05, 0.1) is 19.3 Å². The van der Waals surface area contributed by atoms with E-state index in [2.05, 4.69) is 10.2 Å². The highest BCUT2D eigenvalue weighted by molar-refractivity contribution is 5.68. The average Bonchev–Trinajstić information content (AvgIpc) is 2.45. The minimum atomic E-state index is -0.426. The first kappa shape index (κ1) is 12.6. The first-order valence-electron chi connectivity index (χ1n) is 6.25. The molecule has 98 valence electrons. The molecule has 1 N–H and O–H groups in total. The Labute approximate surface area is 102 Å². The average molecular weight is 242 g/mol. The third kappa shape index (κ3) is 3.57. The summed E-state index contributed by atoms with van der Waals surface area (Å²) in [6.45, 7) is 9.23. The lowest BCUT2D eigenvalue weighted by Crippen LogP contribution is -2.49. The number of likely N-dealkylation sites (tertiary alicyclic amines) is 1. The zero-order chi connectivity index (χ0) is 12.5. The number of hydrogen-bond donors (Lipinski definition) is 1. The molecule has 0 spiro atoms. The van der Waals surface area contributed by atoms with Gasteiger partial charge in [0.1, 0.15) is 5.60 Å². The molecule has 17 heavy (non-hydrogen) atoms. The summed E-state index contributed by atoms with van der Waals surface area (Å²) in [6, 6.07) is 0.769. The van der Waals surface area contributed by atoms with Crippen LogP contribution in [-0.4, -0.2) is 55.0 Å². The lowest BCUT2D eigenvalue weighted by Gasteiger charge is -2.34. The smallest absolute Gasteiger partial charge is 0.407 e. The normalized spacial score (nSPS) is 26.6. The van der Waals surface area contributed by atoms with Gasteiger partial charge in [0, 0.05) is 19.1 Å². The van der Waals surface area contributed by atoms with Gasteiger partial charge in [0.2, 0.25) is 0 Å². The molecule has 0 aromatic carbocycles. The number of alkyl carbamates (subject to hydrolysis) is 1. The summed E-state index contributed by atoms with van der Waals surface area (Å²) < 4.78 is 10.4. The van der Waals surface area contributed by atoms with Gasteiger partial charge in [-0.25, -0.2) is 4.79 Å². The van der Waals surface area contributed by atoms with Crippen molar-refractivity contribution in [1.82, 2.24) is 10.2 Å². The lowest BCUT2D eigenvalue weighted by atomic mass is 10.2. The Morgan fingerprint density at radius 2 is 2.12 bits per heavy atom. The van der Waals surface area contributed by atoms with Gasteiger partial charge in [-0.15, -0.1) is 0 Å². The van der Waals surface area contributed by atoms with Gasteiger partial charge in [-0.05, 0) is 27.2 Å². The van der Waals surface area contributed by atoms with Crippen LogP contribution in [0.5, 0.6) is 0 Å². The minimum Gasteiger partial charge on any atom is -0.444 e. The van der Waals surface area contributed by atoms with Crippen LogP contribution in [-0.2, 0) is 9.47 Å². The highest BCUT2D eigenvalue weighted by atomic mass is 16.6. The standard InChI is InChI=1S/C12H22N2O3/c1-12(2,3)17-11(15)13-9-4-5-14(6-9)10-7-16-8-10/h9-10H,4-8H2,1-3H3,(H,13,15). The van der Waals surface area contributed by atoms with E-state index in [9.17, 15) is 4.79 Å². The summed E-state index contributed by atoms with van der Waals surface area (Å²) in [6.07, 6.45) is 0.685. The van der Waals surface area contributed by atoms with Crippen LogP contribution in [0.2, 0.25) is 0 Å². The molecule has 5 nitrogen and oxygen atoms in total. The van der Waals surface area contributed by atoms with Crippen LogP contribution in [0.15, 0.2) is 0 Å². The van der Waals surface area contributed by atoms with Gasteiger partial charge in [-0.2, -0.15) is 0 Å². The third-order valence-electron chi connectivity index (χ3n) is 3.08. The maximum atomic E-state index is 11.6. The van der Waals surface area contributed by atoms with E-state index in [0.29, 0.717) is 6.04 Å². The molecule has 1 amide bonds. The van der Waals surface area contributed by atoms with Crippen molar-refractivity contribution in [2.75, 3.05) is 26.3 Å². The zero-order valence-corrected chi connectivity index (χ0v) is 10.9. The van der Waals surface area contributed by atoms with Crippen molar-refractivity contribution in [2.45, 2.75) is 44.9 Å². The summed E-state index contributed by atoms with van der Waals surface area (Å²) in [5, 5.41) is 2.92. The molecule has 2 aliphatic rings. The monoisotopic (exact) mass is 242 g/mol. The summed E-state index contributed by atoms with van der Waals surface area (Å²) >= 11 is 0. The van der Waals surface area contributed by atoms with Gasteiger partial charge in [0.25, 0.3) is 0 Å². The maximum absolute atomic E-state index is 11.6. The van der Waals surface area contributed by atoms with E-state index in [-0.39, 0.29) is 12.1 Å². The Morgan fingerprint density at radius 1 is 1.41 bits per heavy atom. The van der Waals surface area contributed by atoms with Crippen LogP contribution in [0, 0.1) is 0 Å². The van der Waals surface area contributed by atoms with Crippen LogP contribution < -0.4 is 5.32 Å². The van der Waals surface area contributed by atoms with Crippen molar-refractivity contribution in [1.29, 1.82) is 0 Å². The molecular formula is C12H22N2O3. The number of amides is 1. The SMILES string of the molecule is CC(C)(C)OC(=O)NC1CCN(C2COC2)C1. The molecule has 2 saturated heterocycles. The molecule has 2 heterocycles. The van der Waals surface area contributed by atoms with Crippen molar-refractivity contribution in [2.24, 2.45) is 0 Å². The van der Waals surface area contributed by atoms with Gasteiger partial charge >= 0.3 is 6.09 Å². The Kier molecular flexibility index (Phi) is 3.58. The second-order valence-corrected chi connectivity index (χ2v) is 5.82. The molecule has 0 radical (unpaired) electrons. The summed E-state index contributed by atoms with van der Waals surface area (Å²) in [4.78, 5) is 14.0. The zero-order valence-electron chi connectivity index (χ0n) is 10.9. The molecule has 2 rings (SSSR count). The second kappa shape index (κ2) is 4.82. The molecule has 0 aromatic rings. The largest absolute Gasteiger partial charge is 0.444 e. The van der Waals surface area contributed by atoms with Crippen LogP contribution in [0.1, 0.15) is 27.2 Å². The molecule has 0 saturated carbocycles. The van der Waals surface area contributed by atoms with Gasteiger partial charge in [-0.1, -0.05) is 0 Å². The predicted octanol–water partition coefficient (Wildman–Crippen LogP) is 0.984. The number of nitrogens with one attached hydrogen (secondary N) is 1. The number of carbonyl (C=O) groups is 1. The highest BCUT2D eigenvalue weighted by Gasteiger charge is 2.33. The van der Waals surface area contributed by atoms with E-state index in [1.807, 2.05) is 20.8 Å². The number of nitrogens with zero attached hydrogens (tertiary/aromatic N) is 1. The fourth-order valence-corrected chi connectivity index (χ4v) is 2.15. The van der Waals surface area contributed by atoms with Crippen molar-refractivity contribution in [3.05, 3.63) is 0 Å². The Morgan fingerprint density at radius 3 is 2.65 bits per heavy atom. The van der Waals surface area contributed by atoms with Crippen molar-refractivity contribution in [3.63, 3.8) is 0 Å². The first-order valence-corrected chi connectivity index (χ1v) is 6.25. The topological polar surface area (TPSA) is 50.8 Å². The number of ether oxygens (including phenoxy) is 2. The fraction of sp³-hybridized carbons (Fsp3) is 0.917. The van der Waals surface area contributed by atoms with E-state index >= 15 is 0 Å². The molecule has 2 aliphatic heterocycles. The molecule has 0 aromatic heterocycles. The first-order chi connectivity index (χ1) is 7.94. The van der Waals surface area contributed by atoms with E-state index < -0.39 is 5.60 Å².